The van der Waals surface area contributed by atoms with E-state index < -0.39 is 6.10 Å². The maximum atomic E-state index is 12.9. The SMILES string of the molecule is CC(Cc1c[nH]nn1)OC(C)C(=O)N1Cc2cnc(NC3Cc4ccccc4C3)nc2C1. The van der Waals surface area contributed by atoms with Gasteiger partial charge in [0.25, 0.3) is 5.91 Å². The van der Waals surface area contributed by atoms with Crippen molar-refractivity contribution in [1.29, 1.82) is 0 Å². The van der Waals surface area contributed by atoms with E-state index in [9.17, 15) is 4.79 Å². The molecule has 0 saturated heterocycles. The average Bonchev–Trinajstić information content (AvgIpc) is 3.51. The summed E-state index contributed by atoms with van der Waals surface area (Å²) < 4.78 is 5.92. The fourth-order valence-corrected chi connectivity index (χ4v) is 4.55. The molecule has 9 heteroatoms. The van der Waals surface area contributed by atoms with Crippen LogP contribution in [0.3, 0.4) is 0 Å². The van der Waals surface area contributed by atoms with E-state index in [1.807, 2.05) is 13.1 Å². The zero-order chi connectivity index (χ0) is 22.1. The van der Waals surface area contributed by atoms with E-state index in [-0.39, 0.29) is 12.0 Å². The van der Waals surface area contributed by atoms with E-state index in [0.717, 1.165) is 29.8 Å². The largest absolute Gasteiger partial charge is 0.365 e. The summed E-state index contributed by atoms with van der Waals surface area (Å²) in [6.07, 6.45) is 5.42. The van der Waals surface area contributed by atoms with Crippen LogP contribution in [-0.2, 0) is 41.9 Å². The molecule has 2 aliphatic rings. The summed E-state index contributed by atoms with van der Waals surface area (Å²) in [6.45, 7) is 4.71. The summed E-state index contributed by atoms with van der Waals surface area (Å²) >= 11 is 0. The number of carbonyl (C=O) groups is 1. The molecule has 0 spiro atoms. The number of carbonyl (C=O) groups excluding carboxylic acids is 1. The predicted molar refractivity (Wildman–Crippen MR) is 118 cm³/mol. The molecular formula is C23H27N7O2. The number of H-pyrrole nitrogens is 1. The third-order valence-corrected chi connectivity index (χ3v) is 6.10. The molecule has 0 bridgehead atoms. The average molecular weight is 434 g/mol. The van der Waals surface area contributed by atoms with Crippen molar-refractivity contribution >= 4 is 11.9 Å². The van der Waals surface area contributed by atoms with Crippen molar-refractivity contribution in [2.45, 2.75) is 64.4 Å². The van der Waals surface area contributed by atoms with Crippen molar-refractivity contribution in [3.05, 3.63) is 64.7 Å². The second-order valence-corrected chi connectivity index (χ2v) is 8.64. The number of amides is 1. The quantitative estimate of drug-likeness (QED) is 0.587. The highest BCUT2D eigenvalue weighted by atomic mass is 16.5. The number of aromatic amines is 1. The lowest BCUT2D eigenvalue weighted by Gasteiger charge is -2.23. The summed E-state index contributed by atoms with van der Waals surface area (Å²) in [4.78, 5) is 23.9. The molecular weight excluding hydrogens is 406 g/mol. The van der Waals surface area contributed by atoms with E-state index in [1.165, 1.54) is 11.1 Å². The Balaban J connectivity index is 1.16. The van der Waals surface area contributed by atoms with Gasteiger partial charge in [-0.15, -0.1) is 5.10 Å². The van der Waals surface area contributed by atoms with Crippen LogP contribution in [0.4, 0.5) is 5.95 Å². The molecule has 2 unspecified atom stereocenters. The molecule has 166 valence electrons. The number of benzene rings is 1. The second-order valence-electron chi connectivity index (χ2n) is 8.64. The summed E-state index contributed by atoms with van der Waals surface area (Å²) in [6, 6.07) is 8.82. The van der Waals surface area contributed by atoms with Crippen molar-refractivity contribution in [2.75, 3.05) is 5.32 Å². The fourth-order valence-electron chi connectivity index (χ4n) is 4.55. The number of rotatable bonds is 7. The molecule has 32 heavy (non-hydrogen) atoms. The van der Waals surface area contributed by atoms with Crippen molar-refractivity contribution in [3.8, 4) is 0 Å². The van der Waals surface area contributed by atoms with Crippen molar-refractivity contribution in [3.63, 3.8) is 0 Å². The summed E-state index contributed by atoms with van der Waals surface area (Å²) in [7, 11) is 0. The third-order valence-electron chi connectivity index (χ3n) is 6.10. The Hall–Kier alpha value is -3.33. The lowest BCUT2D eigenvalue weighted by molar-refractivity contribution is -0.146. The van der Waals surface area contributed by atoms with Gasteiger partial charge in [0.1, 0.15) is 6.10 Å². The lowest BCUT2D eigenvalue weighted by atomic mass is 10.1. The summed E-state index contributed by atoms with van der Waals surface area (Å²) in [5.41, 5.74) is 5.46. The molecule has 1 amide bonds. The number of nitrogens with one attached hydrogen (secondary N) is 2. The minimum atomic E-state index is -0.547. The van der Waals surface area contributed by atoms with Gasteiger partial charge in [0.15, 0.2) is 0 Å². The third kappa shape index (κ3) is 4.34. The molecule has 0 saturated carbocycles. The van der Waals surface area contributed by atoms with E-state index in [1.54, 1.807) is 18.0 Å². The maximum Gasteiger partial charge on any atom is 0.252 e. The van der Waals surface area contributed by atoms with Crippen molar-refractivity contribution < 1.29 is 9.53 Å². The Labute approximate surface area is 186 Å². The number of anilines is 1. The smallest absolute Gasteiger partial charge is 0.252 e. The maximum absolute atomic E-state index is 12.9. The predicted octanol–water partition coefficient (Wildman–Crippen LogP) is 2.05. The molecule has 1 aliphatic heterocycles. The van der Waals surface area contributed by atoms with Gasteiger partial charge in [-0.05, 0) is 37.8 Å². The first-order valence-corrected chi connectivity index (χ1v) is 11.0. The van der Waals surface area contributed by atoms with Crippen LogP contribution in [0, 0.1) is 0 Å². The first kappa shape index (κ1) is 20.6. The zero-order valence-electron chi connectivity index (χ0n) is 18.3. The zero-order valence-corrected chi connectivity index (χ0v) is 18.3. The topological polar surface area (TPSA) is 109 Å². The lowest BCUT2D eigenvalue weighted by Crippen LogP contribution is -2.37. The highest BCUT2D eigenvalue weighted by Crippen LogP contribution is 2.26. The molecule has 9 nitrogen and oxygen atoms in total. The minimum absolute atomic E-state index is 0.0456. The van der Waals surface area contributed by atoms with E-state index in [2.05, 4.69) is 50.0 Å². The molecule has 1 aliphatic carbocycles. The first-order valence-electron chi connectivity index (χ1n) is 11.0. The fraction of sp³-hybridized carbons (Fsp3) is 0.435. The van der Waals surface area contributed by atoms with Crippen LogP contribution in [0.1, 0.15) is 41.9 Å². The Morgan fingerprint density at radius 2 is 2.00 bits per heavy atom. The van der Waals surface area contributed by atoms with Crippen LogP contribution in [0.25, 0.3) is 0 Å². The molecule has 3 heterocycles. The van der Waals surface area contributed by atoms with Crippen LogP contribution in [-0.4, -0.2) is 54.4 Å². The number of aromatic nitrogens is 5. The van der Waals surface area contributed by atoms with E-state index in [0.29, 0.717) is 31.5 Å². The van der Waals surface area contributed by atoms with E-state index >= 15 is 0 Å². The standard InChI is InChI=1S/C23H27N7O2/c1-14(7-20-11-25-29-28-20)32-15(2)22(31)30-12-18-10-24-23(27-21(18)13-30)26-19-8-16-5-3-4-6-17(16)9-19/h3-6,10-11,14-15,19H,7-9,12-13H2,1-2H3,(H,24,26,27)(H,25,28,29). The van der Waals surface area contributed by atoms with E-state index in [4.69, 9.17) is 9.72 Å². The van der Waals surface area contributed by atoms with Gasteiger partial charge in [0.05, 0.1) is 24.0 Å². The molecule has 2 N–H and O–H groups in total. The molecule has 2 aromatic heterocycles. The van der Waals surface area contributed by atoms with Crippen LogP contribution in [0.15, 0.2) is 36.7 Å². The van der Waals surface area contributed by atoms with Gasteiger partial charge in [-0.1, -0.05) is 29.5 Å². The van der Waals surface area contributed by atoms with Gasteiger partial charge in [0.2, 0.25) is 5.95 Å². The highest BCUT2D eigenvalue weighted by Gasteiger charge is 2.30. The van der Waals surface area contributed by atoms with Gasteiger partial charge >= 0.3 is 0 Å². The Bertz CT molecular complexity index is 1080. The van der Waals surface area contributed by atoms with Crippen LogP contribution in [0.2, 0.25) is 0 Å². The van der Waals surface area contributed by atoms with Gasteiger partial charge in [-0.2, -0.15) is 0 Å². The van der Waals surface area contributed by atoms with Crippen LogP contribution >= 0.6 is 0 Å². The number of nitrogens with zero attached hydrogens (tertiary/aromatic N) is 5. The van der Waals surface area contributed by atoms with Gasteiger partial charge in [-0.25, -0.2) is 9.97 Å². The molecule has 0 fully saturated rings. The minimum Gasteiger partial charge on any atom is -0.365 e. The Kier molecular flexibility index (Phi) is 5.57. The van der Waals surface area contributed by atoms with Gasteiger partial charge < -0.3 is 15.0 Å². The van der Waals surface area contributed by atoms with Crippen LogP contribution < -0.4 is 5.32 Å². The molecule has 3 aromatic rings. The monoisotopic (exact) mass is 433 g/mol. The normalized spacial score (nSPS) is 17.1. The summed E-state index contributed by atoms with van der Waals surface area (Å²) in [5.74, 6) is 0.581. The molecule has 1 aromatic carbocycles. The van der Waals surface area contributed by atoms with Gasteiger partial charge in [-0.3, -0.25) is 9.89 Å². The first-order chi connectivity index (χ1) is 15.5. The molecule has 5 rings (SSSR count). The number of fused-ring (bicyclic) bond motifs is 2. The van der Waals surface area contributed by atoms with Gasteiger partial charge in [0, 0.05) is 37.0 Å². The van der Waals surface area contributed by atoms with Crippen molar-refractivity contribution in [1.82, 2.24) is 30.3 Å². The van der Waals surface area contributed by atoms with Crippen LogP contribution in [0.5, 0.6) is 0 Å². The highest BCUT2D eigenvalue weighted by molar-refractivity contribution is 5.81. The number of hydrogen-bond donors (Lipinski definition) is 2. The number of ether oxygens (including phenoxy) is 1. The molecule has 0 radical (unpaired) electrons. The Morgan fingerprint density at radius 1 is 1.22 bits per heavy atom. The molecule has 2 atom stereocenters. The second kappa shape index (κ2) is 8.66. The number of hydrogen-bond acceptors (Lipinski definition) is 7. The Morgan fingerprint density at radius 3 is 2.72 bits per heavy atom. The van der Waals surface area contributed by atoms with Crippen molar-refractivity contribution in [2.24, 2.45) is 0 Å². The summed E-state index contributed by atoms with van der Waals surface area (Å²) in [5, 5.41) is 13.8.